The highest BCUT2D eigenvalue weighted by molar-refractivity contribution is 5.95. The van der Waals surface area contributed by atoms with Crippen LogP contribution in [0.4, 0.5) is 0 Å². The fraction of sp³-hybridized carbons (Fsp3) is 0.350. The minimum Gasteiger partial charge on any atom is -0.496 e. The maximum Gasteiger partial charge on any atom is 0.128 e. The SMILES string of the molecule is COc1cccc2[nH]c(-c3ccncc3)c(C[C@H]3CCCN3C)c12. The highest BCUT2D eigenvalue weighted by Crippen LogP contribution is 2.37. The van der Waals surface area contributed by atoms with Crippen molar-refractivity contribution in [3.8, 4) is 17.0 Å². The molecule has 0 radical (unpaired) electrons. The molecule has 24 heavy (non-hydrogen) atoms. The van der Waals surface area contributed by atoms with Crippen molar-refractivity contribution in [3.63, 3.8) is 0 Å². The predicted octanol–water partition coefficient (Wildman–Crippen LogP) is 3.88. The lowest BCUT2D eigenvalue weighted by Gasteiger charge is -2.20. The molecule has 4 heteroatoms. The Morgan fingerprint density at radius 1 is 1.25 bits per heavy atom. The molecule has 1 fully saturated rings. The largest absolute Gasteiger partial charge is 0.496 e. The first-order valence-corrected chi connectivity index (χ1v) is 8.56. The van der Waals surface area contributed by atoms with E-state index < -0.39 is 0 Å². The number of hydrogen-bond acceptors (Lipinski definition) is 3. The quantitative estimate of drug-likeness (QED) is 0.793. The minimum absolute atomic E-state index is 0.592. The first kappa shape index (κ1) is 15.2. The third-order valence-corrected chi connectivity index (χ3v) is 5.19. The zero-order valence-corrected chi connectivity index (χ0v) is 14.2. The van der Waals surface area contributed by atoms with Crippen LogP contribution in [0, 0.1) is 0 Å². The number of hydrogen-bond donors (Lipinski definition) is 1. The molecule has 1 aliphatic heterocycles. The van der Waals surface area contributed by atoms with Gasteiger partial charge in [0.25, 0.3) is 0 Å². The van der Waals surface area contributed by atoms with Crippen LogP contribution in [0.3, 0.4) is 0 Å². The van der Waals surface area contributed by atoms with Crippen molar-refractivity contribution in [1.82, 2.24) is 14.9 Å². The number of nitrogens with zero attached hydrogens (tertiary/aromatic N) is 2. The molecule has 1 aliphatic rings. The van der Waals surface area contributed by atoms with Crippen LogP contribution >= 0.6 is 0 Å². The zero-order valence-electron chi connectivity index (χ0n) is 14.2. The lowest BCUT2D eigenvalue weighted by atomic mass is 9.97. The molecule has 1 saturated heterocycles. The molecule has 1 aromatic carbocycles. The van der Waals surface area contributed by atoms with Crippen LogP contribution in [0.1, 0.15) is 18.4 Å². The summed E-state index contributed by atoms with van der Waals surface area (Å²) in [7, 11) is 3.98. The Kier molecular flexibility index (Phi) is 3.98. The number of aromatic nitrogens is 2. The molecular weight excluding hydrogens is 298 g/mol. The van der Waals surface area contributed by atoms with Crippen LogP contribution in [-0.2, 0) is 6.42 Å². The lowest BCUT2D eigenvalue weighted by Crippen LogP contribution is -2.26. The van der Waals surface area contributed by atoms with Gasteiger partial charge in [-0.25, -0.2) is 0 Å². The van der Waals surface area contributed by atoms with Gasteiger partial charge in [-0.2, -0.15) is 0 Å². The number of ether oxygens (including phenoxy) is 1. The van der Waals surface area contributed by atoms with E-state index in [0.29, 0.717) is 6.04 Å². The fourth-order valence-corrected chi connectivity index (χ4v) is 3.89. The Labute approximate surface area is 142 Å². The van der Waals surface area contributed by atoms with Crippen LogP contribution in [0.2, 0.25) is 0 Å². The zero-order chi connectivity index (χ0) is 16.5. The third kappa shape index (κ3) is 2.57. The summed E-state index contributed by atoms with van der Waals surface area (Å²) in [5, 5.41) is 1.21. The van der Waals surface area contributed by atoms with Crippen LogP contribution < -0.4 is 4.74 Å². The Bertz CT molecular complexity index is 841. The number of pyridine rings is 1. The van der Waals surface area contributed by atoms with Gasteiger partial charge in [0.15, 0.2) is 0 Å². The molecule has 4 nitrogen and oxygen atoms in total. The highest BCUT2D eigenvalue weighted by Gasteiger charge is 2.25. The molecule has 0 spiro atoms. The second-order valence-corrected chi connectivity index (χ2v) is 6.58. The summed E-state index contributed by atoms with van der Waals surface area (Å²) in [6, 6.07) is 10.9. The van der Waals surface area contributed by atoms with Gasteiger partial charge in [0.05, 0.1) is 7.11 Å². The molecule has 124 valence electrons. The summed E-state index contributed by atoms with van der Waals surface area (Å²) in [4.78, 5) is 10.3. The second-order valence-electron chi connectivity index (χ2n) is 6.58. The fourth-order valence-electron chi connectivity index (χ4n) is 3.89. The van der Waals surface area contributed by atoms with Crippen molar-refractivity contribution < 1.29 is 4.74 Å². The maximum absolute atomic E-state index is 5.66. The van der Waals surface area contributed by atoms with Gasteiger partial charge in [0.1, 0.15) is 5.75 Å². The van der Waals surface area contributed by atoms with Crippen molar-refractivity contribution >= 4 is 10.9 Å². The average Bonchev–Trinajstić information content (AvgIpc) is 3.20. The van der Waals surface area contributed by atoms with Gasteiger partial charge in [-0.15, -0.1) is 0 Å². The summed E-state index contributed by atoms with van der Waals surface area (Å²) in [5.41, 5.74) is 4.86. The molecule has 0 unspecified atom stereocenters. The van der Waals surface area contributed by atoms with Crippen LogP contribution in [0.5, 0.6) is 5.75 Å². The van der Waals surface area contributed by atoms with E-state index >= 15 is 0 Å². The smallest absolute Gasteiger partial charge is 0.128 e. The van der Waals surface area contributed by atoms with E-state index in [9.17, 15) is 0 Å². The Morgan fingerprint density at radius 3 is 2.79 bits per heavy atom. The number of aromatic amines is 1. The topological polar surface area (TPSA) is 41.1 Å². The van der Waals surface area contributed by atoms with Gasteiger partial charge in [-0.3, -0.25) is 4.98 Å². The molecular formula is C20H23N3O. The number of likely N-dealkylation sites (N-methyl/N-ethyl adjacent to an activating group) is 1. The van der Waals surface area contributed by atoms with Crippen LogP contribution in [-0.4, -0.2) is 41.6 Å². The summed E-state index contributed by atoms with van der Waals surface area (Å²) in [6.07, 6.45) is 7.28. The van der Waals surface area contributed by atoms with Crippen molar-refractivity contribution in [3.05, 3.63) is 48.3 Å². The van der Waals surface area contributed by atoms with E-state index in [0.717, 1.165) is 17.7 Å². The first-order valence-electron chi connectivity index (χ1n) is 8.56. The minimum atomic E-state index is 0.592. The van der Waals surface area contributed by atoms with E-state index in [4.69, 9.17) is 4.74 Å². The standard InChI is InChI=1S/C20H23N3O/c1-23-12-4-5-15(23)13-16-19-17(6-3-7-18(19)24-2)22-20(16)14-8-10-21-11-9-14/h3,6-11,15,22H,4-5,12-13H2,1-2H3/t15-/m1/s1. The molecule has 0 bridgehead atoms. The highest BCUT2D eigenvalue weighted by atomic mass is 16.5. The van der Waals surface area contributed by atoms with Crippen LogP contribution in [0.25, 0.3) is 22.2 Å². The molecule has 1 atom stereocenters. The predicted molar refractivity (Wildman–Crippen MR) is 97.4 cm³/mol. The molecule has 1 N–H and O–H groups in total. The average molecular weight is 321 g/mol. The van der Waals surface area contributed by atoms with Crippen LogP contribution in [0.15, 0.2) is 42.7 Å². The molecule has 4 rings (SSSR count). The number of methoxy groups -OCH3 is 1. The summed E-state index contributed by atoms with van der Waals surface area (Å²) in [5.74, 6) is 0.944. The van der Waals surface area contributed by atoms with Gasteiger partial charge in [-0.05, 0) is 62.7 Å². The maximum atomic E-state index is 5.66. The van der Waals surface area contributed by atoms with Gasteiger partial charge >= 0.3 is 0 Å². The van der Waals surface area contributed by atoms with Gasteiger partial charge in [0, 0.05) is 40.6 Å². The van der Waals surface area contributed by atoms with E-state index in [1.165, 1.54) is 41.6 Å². The van der Waals surface area contributed by atoms with Gasteiger partial charge in [0.2, 0.25) is 0 Å². The molecule has 0 saturated carbocycles. The van der Waals surface area contributed by atoms with Gasteiger partial charge < -0.3 is 14.6 Å². The van der Waals surface area contributed by atoms with Crippen molar-refractivity contribution in [2.45, 2.75) is 25.3 Å². The number of fused-ring (bicyclic) bond motifs is 1. The normalized spacial score (nSPS) is 18.3. The lowest BCUT2D eigenvalue weighted by molar-refractivity contribution is 0.310. The molecule has 2 aromatic heterocycles. The number of rotatable bonds is 4. The summed E-state index contributed by atoms with van der Waals surface area (Å²) < 4.78 is 5.66. The van der Waals surface area contributed by atoms with Gasteiger partial charge in [-0.1, -0.05) is 6.07 Å². The Hall–Kier alpha value is -2.33. The van der Waals surface area contributed by atoms with E-state index in [1.807, 2.05) is 24.5 Å². The van der Waals surface area contributed by atoms with E-state index in [-0.39, 0.29) is 0 Å². The summed E-state index contributed by atoms with van der Waals surface area (Å²) >= 11 is 0. The molecule has 3 heterocycles. The molecule has 0 aliphatic carbocycles. The number of H-pyrrole nitrogens is 1. The number of likely N-dealkylation sites (tertiary alicyclic amines) is 1. The Morgan fingerprint density at radius 2 is 2.08 bits per heavy atom. The Balaban J connectivity index is 1.89. The van der Waals surface area contributed by atoms with Crippen molar-refractivity contribution in [2.24, 2.45) is 0 Å². The van der Waals surface area contributed by atoms with E-state index in [1.54, 1.807) is 7.11 Å². The van der Waals surface area contributed by atoms with Crippen molar-refractivity contribution in [1.29, 1.82) is 0 Å². The molecule has 3 aromatic rings. The monoisotopic (exact) mass is 321 g/mol. The second kappa shape index (κ2) is 6.29. The van der Waals surface area contributed by atoms with E-state index in [2.05, 4.69) is 40.1 Å². The molecule has 0 amide bonds. The summed E-state index contributed by atoms with van der Waals surface area (Å²) in [6.45, 7) is 1.19. The van der Waals surface area contributed by atoms with Crippen molar-refractivity contribution in [2.75, 3.05) is 20.7 Å². The first-order chi connectivity index (χ1) is 11.8. The third-order valence-electron chi connectivity index (χ3n) is 5.19. The number of benzene rings is 1. The number of nitrogens with one attached hydrogen (secondary N) is 1.